The van der Waals surface area contributed by atoms with Crippen molar-refractivity contribution in [1.29, 1.82) is 0 Å². The average molecular weight is 564 g/mol. The van der Waals surface area contributed by atoms with E-state index in [2.05, 4.69) is 25.6 Å². The van der Waals surface area contributed by atoms with E-state index in [1.165, 1.54) is 18.5 Å². The molecule has 4 N–H and O–H groups in total. The number of amides is 1. The van der Waals surface area contributed by atoms with Crippen molar-refractivity contribution >= 4 is 34.1 Å². The van der Waals surface area contributed by atoms with E-state index in [1.807, 2.05) is 61.1 Å². The molecule has 4 heterocycles. The Balaban J connectivity index is 1.23. The molecular formula is C32H30FN7O2. The number of pyridine rings is 1. The molecule has 6 rings (SSSR count). The predicted molar refractivity (Wildman–Crippen MR) is 161 cm³/mol. The van der Waals surface area contributed by atoms with Crippen molar-refractivity contribution in [1.82, 2.24) is 24.8 Å². The van der Waals surface area contributed by atoms with Crippen LogP contribution >= 0.6 is 0 Å². The van der Waals surface area contributed by atoms with Crippen molar-refractivity contribution in [2.45, 2.75) is 19.5 Å². The SMILES string of the molecule is CC(NC(=O)c1cc(C2=CCOC2)cnc1NCc1ccc(-c2cn(C)c3ncnc(N)c23)cc1)c1ccc(F)cc1. The zero-order chi connectivity index (χ0) is 29.2. The maximum atomic E-state index is 13.5. The van der Waals surface area contributed by atoms with E-state index in [1.54, 1.807) is 18.3 Å². The van der Waals surface area contributed by atoms with Crippen molar-refractivity contribution in [2.24, 2.45) is 7.05 Å². The number of hydrogen-bond donors (Lipinski definition) is 3. The van der Waals surface area contributed by atoms with Crippen LogP contribution in [0.1, 0.15) is 40.0 Å². The number of rotatable bonds is 8. The fraction of sp³-hybridized carbons (Fsp3) is 0.188. The summed E-state index contributed by atoms with van der Waals surface area (Å²) >= 11 is 0. The summed E-state index contributed by atoms with van der Waals surface area (Å²) in [7, 11) is 1.93. The van der Waals surface area contributed by atoms with Gasteiger partial charge in [0.15, 0.2) is 0 Å². The molecule has 0 saturated carbocycles. The zero-order valence-corrected chi connectivity index (χ0v) is 23.3. The van der Waals surface area contributed by atoms with Crippen LogP contribution in [-0.2, 0) is 18.3 Å². The van der Waals surface area contributed by atoms with Gasteiger partial charge in [0.05, 0.1) is 30.2 Å². The molecule has 1 atom stereocenters. The van der Waals surface area contributed by atoms with Gasteiger partial charge in [-0.05, 0) is 52.9 Å². The van der Waals surface area contributed by atoms with Crippen molar-refractivity contribution in [3.8, 4) is 11.1 Å². The Bertz CT molecular complexity index is 1800. The van der Waals surface area contributed by atoms with E-state index < -0.39 is 0 Å². The Labute approximate surface area is 242 Å². The summed E-state index contributed by atoms with van der Waals surface area (Å²) in [4.78, 5) is 26.6. The standard InChI is InChI=1S/C32H30FN7O2/c1-19(21-7-9-25(33)10-8-21)39-32(41)26-13-24(23-11-12-42-17-23)15-36-30(26)35-14-20-3-5-22(6-4-20)27-16-40(2)31-28(27)29(34)37-18-38-31/h3-11,13,15-16,18-19H,12,14,17H2,1-2H3,(H,35,36)(H,39,41)(H2,34,37,38). The van der Waals surface area contributed by atoms with Crippen LogP contribution in [0.2, 0.25) is 0 Å². The van der Waals surface area contributed by atoms with Crippen LogP contribution in [0.25, 0.3) is 27.7 Å². The summed E-state index contributed by atoms with van der Waals surface area (Å²) in [6.45, 7) is 3.32. The molecule has 9 nitrogen and oxygen atoms in total. The number of nitrogens with zero attached hydrogens (tertiary/aromatic N) is 4. The molecule has 10 heteroatoms. The Kier molecular flexibility index (Phi) is 7.37. The summed E-state index contributed by atoms with van der Waals surface area (Å²) < 4.78 is 20.8. The minimum atomic E-state index is -0.329. The monoisotopic (exact) mass is 563 g/mol. The topological polar surface area (TPSA) is 120 Å². The number of nitrogens with one attached hydrogen (secondary N) is 2. The van der Waals surface area contributed by atoms with Gasteiger partial charge in [0.25, 0.3) is 5.91 Å². The number of halogens is 1. The molecule has 1 amide bonds. The van der Waals surface area contributed by atoms with Crippen LogP contribution < -0.4 is 16.4 Å². The van der Waals surface area contributed by atoms with Gasteiger partial charge in [0, 0.05) is 31.5 Å². The highest BCUT2D eigenvalue weighted by Crippen LogP contribution is 2.32. The fourth-order valence-corrected chi connectivity index (χ4v) is 5.09. The average Bonchev–Trinajstić information content (AvgIpc) is 3.66. The maximum Gasteiger partial charge on any atom is 0.255 e. The van der Waals surface area contributed by atoms with Crippen LogP contribution in [0.4, 0.5) is 16.0 Å². The lowest BCUT2D eigenvalue weighted by Crippen LogP contribution is -2.28. The third-order valence-electron chi connectivity index (χ3n) is 7.43. The first-order valence-electron chi connectivity index (χ1n) is 13.6. The molecule has 0 aliphatic carbocycles. The number of ether oxygens (including phenoxy) is 1. The molecule has 42 heavy (non-hydrogen) atoms. The number of benzene rings is 2. The second-order valence-corrected chi connectivity index (χ2v) is 10.3. The van der Waals surface area contributed by atoms with E-state index in [9.17, 15) is 9.18 Å². The first kappa shape index (κ1) is 27.1. The first-order chi connectivity index (χ1) is 20.4. The van der Waals surface area contributed by atoms with Crippen LogP contribution in [0.3, 0.4) is 0 Å². The molecule has 5 aromatic rings. The molecule has 2 aromatic carbocycles. The van der Waals surface area contributed by atoms with Gasteiger partial charge in [0.2, 0.25) is 0 Å². The van der Waals surface area contributed by atoms with Gasteiger partial charge in [-0.1, -0.05) is 42.5 Å². The molecule has 0 radical (unpaired) electrons. The normalized spacial score (nSPS) is 13.6. The largest absolute Gasteiger partial charge is 0.383 e. The molecule has 3 aromatic heterocycles. The van der Waals surface area contributed by atoms with E-state index in [0.29, 0.717) is 37.0 Å². The molecule has 0 saturated heterocycles. The summed E-state index contributed by atoms with van der Waals surface area (Å²) in [6, 6.07) is 15.7. The molecule has 0 fully saturated rings. The number of anilines is 2. The van der Waals surface area contributed by atoms with E-state index >= 15 is 0 Å². The van der Waals surface area contributed by atoms with Crippen molar-refractivity contribution in [3.05, 3.63) is 107 Å². The number of carbonyl (C=O) groups is 1. The smallest absolute Gasteiger partial charge is 0.255 e. The molecule has 0 bridgehead atoms. The number of nitrogens with two attached hydrogens (primary N) is 1. The summed E-state index contributed by atoms with van der Waals surface area (Å²) in [5.74, 6) is 0.297. The molecule has 212 valence electrons. The van der Waals surface area contributed by atoms with Gasteiger partial charge in [-0.3, -0.25) is 4.79 Å². The van der Waals surface area contributed by atoms with Crippen LogP contribution in [0, 0.1) is 5.82 Å². The Morgan fingerprint density at radius 2 is 1.88 bits per heavy atom. The van der Waals surface area contributed by atoms with Crippen LogP contribution in [0.5, 0.6) is 0 Å². The molecule has 0 spiro atoms. The van der Waals surface area contributed by atoms with E-state index in [4.69, 9.17) is 10.5 Å². The van der Waals surface area contributed by atoms with Crippen molar-refractivity contribution in [3.63, 3.8) is 0 Å². The third kappa shape index (κ3) is 5.44. The Hall–Kier alpha value is -5.09. The van der Waals surface area contributed by atoms with Crippen LogP contribution in [0.15, 0.2) is 79.4 Å². The van der Waals surface area contributed by atoms with Gasteiger partial charge in [0.1, 0.15) is 29.4 Å². The van der Waals surface area contributed by atoms with Gasteiger partial charge in [-0.15, -0.1) is 0 Å². The zero-order valence-electron chi connectivity index (χ0n) is 23.3. The summed E-state index contributed by atoms with van der Waals surface area (Å²) in [5, 5.41) is 7.18. The predicted octanol–water partition coefficient (Wildman–Crippen LogP) is 5.27. The lowest BCUT2D eigenvalue weighted by atomic mass is 10.0. The number of fused-ring (bicyclic) bond motifs is 1. The number of hydrogen-bond acceptors (Lipinski definition) is 7. The van der Waals surface area contributed by atoms with Crippen LogP contribution in [-0.4, -0.2) is 38.6 Å². The van der Waals surface area contributed by atoms with Crippen molar-refractivity contribution < 1.29 is 13.9 Å². The number of carbonyl (C=O) groups excluding carboxylic acids is 1. The molecule has 1 unspecified atom stereocenters. The molecule has 1 aliphatic heterocycles. The van der Waals surface area contributed by atoms with Crippen molar-refractivity contribution in [2.75, 3.05) is 24.3 Å². The highest BCUT2D eigenvalue weighted by Gasteiger charge is 2.19. The maximum absolute atomic E-state index is 13.5. The van der Waals surface area contributed by atoms with Gasteiger partial charge >= 0.3 is 0 Å². The number of nitrogen functional groups attached to an aromatic ring is 1. The minimum absolute atomic E-state index is 0.283. The Morgan fingerprint density at radius 3 is 2.62 bits per heavy atom. The minimum Gasteiger partial charge on any atom is -0.383 e. The lowest BCUT2D eigenvalue weighted by Gasteiger charge is -2.17. The van der Waals surface area contributed by atoms with Gasteiger partial charge in [-0.2, -0.15) is 0 Å². The van der Waals surface area contributed by atoms with Gasteiger partial charge < -0.3 is 25.7 Å². The second kappa shape index (κ2) is 11.4. The molecule has 1 aliphatic rings. The lowest BCUT2D eigenvalue weighted by molar-refractivity contribution is 0.0940. The van der Waals surface area contributed by atoms with E-state index in [0.717, 1.165) is 44.4 Å². The van der Waals surface area contributed by atoms with Gasteiger partial charge in [-0.25, -0.2) is 19.3 Å². The summed E-state index contributed by atoms with van der Waals surface area (Å²) in [6.07, 6.45) is 7.20. The fourth-order valence-electron chi connectivity index (χ4n) is 5.09. The summed E-state index contributed by atoms with van der Waals surface area (Å²) in [5.41, 5.74) is 12.9. The second-order valence-electron chi connectivity index (χ2n) is 10.3. The highest BCUT2D eigenvalue weighted by molar-refractivity contribution is 6.01. The number of aryl methyl sites for hydroxylation is 1. The third-order valence-corrected chi connectivity index (χ3v) is 7.43. The number of aromatic nitrogens is 4. The quantitative estimate of drug-likeness (QED) is 0.235. The molecular weight excluding hydrogens is 533 g/mol. The Morgan fingerprint density at radius 1 is 1.10 bits per heavy atom. The van der Waals surface area contributed by atoms with E-state index in [-0.39, 0.29) is 17.8 Å². The highest BCUT2D eigenvalue weighted by atomic mass is 19.1. The first-order valence-corrected chi connectivity index (χ1v) is 13.6.